The topological polar surface area (TPSA) is 0 Å². The molecule has 1 saturated carbocycles. The molecule has 0 N–H and O–H groups in total. The van der Waals surface area contributed by atoms with Crippen molar-refractivity contribution in [2.75, 3.05) is 0 Å². The van der Waals surface area contributed by atoms with Crippen molar-refractivity contribution in [3.8, 4) is 0 Å². The summed E-state index contributed by atoms with van der Waals surface area (Å²) in [4.78, 5) is 0. The first-order valence-electron chi connectivity index (χ1n) is 8.88. The molecule has 1 aromatic rings. The molecule has 110 valence electrons. The van der Waals surface area contributed by atoms with E-state index in [0.29, 0.717) is 0 Å². The Morgan fingerprint density at radius 2 is 1.80 bits per heavy atom. The molecular weight excluding hydrogens is 240 g/mol. The maximum absolute atomic E-state index is 2.56. The smallest absolute Gasteiger partial charge is 0.0162 e. The summed E-state index contributed by atoms with van der Waals surface area (Å²) in [5.41, 5.74) is 4.94. The summed E-state index contributed by atoms with van der Waals surface area (Å²) < 4.78 is 0. The highest BCUT2D eigenvalue weighted by atomic mass is 14.3. The highest BCUT2D eigenvalue weighted by Crippen LogP contribution is 2.38. The normalized spacial score (nSPS) is 30.0. The van der Waals surface area contributed by atoms with Crippen molar-refractivity contribution in [3.05, 3.63) is 34.9 Å². The predicted octanol–water partition coefficient (Wildman–Crippen LogP) is 5.89. The zero-order valence-electron chi connectivity index (χ0n) is 13.3. The maximum atomic E-state index is 2.56. The molecule has 0 aliphatic heterocycles. The number of benzene rings is 1. The molecule has 3 rings (SSSR count). The molecule has 0 nitrogen and oxygen atoms in total. The van der Waals surface area contributed by atoms with E-state index < -0.39 is 0 Å². The van der Waals surface area contributed by atoms with Crippen LogP contribution in [0.15, 0.2) is 18.2 Å². The Morgan fingerprint density at radius 1 is 1.00 bits per heavy atom. The molecule has 1 unspecified atom stereocenters. The minimum absolute atomic E-state index is 0.854. The van der Waals surface area contributed by atoms with Crippen LogP contribution in [-0.2, 0) is 12.8 Å². The summed E-state index contributed by atoms with van der Waals surface area (Å²) in [5.74, 6) is 2.76. The van der Waals surface area contributed by atoms with Crippen LogP contribution in [0.4, 0.5) is 0 Å². The Kier molecular flexibility index (Phi) is 4.48. The van der Waals surface area contributed by atoms with E-state index in [2.05, 4.69) is 32.0 Å². The van der Waals surface area contributed by atoms with Crippen molar-refractivity contribution in [1.82, 2.24) is 0 Å². The monoisotopic (exact) mass is 270 g/mol. The van der Waals surface area contributed by atoms with E-state index in [1.165, 1.54) is 57.8 Å². The molecule has 2 aliphatic carbocycles. The standard InChI is InChI=1S/C20H30/c1-3-4-16-6-9-17(10-7-16)19-12-11-18-13-15(2)5-8-20(18)14-19/h11-12,14-17H,3-10,13H2,1-2H3/t15?,16-,17-. The quantitative estimate of drug-likeness (QED) is 0.643. The van der Waals surface area contributed by atoms with Crippen molar-refractivity contribution in [2.45, 2.75) is 77.6 Å². The zero-order valence-corrected chi connectivity index (χ0v) is 13.3. The van der Waals surface area contributed by atoms with Gasteiger partial charge in [0.1, 0.15) is 0 Å². The van der Waals surface area contributed by atoms with Gasteiger partial charge in [0.15, 0.2) is 0 Å². The highest BCUT2D eigenvalue weighted by molar-refractivity contribution is 5.36. The van der Waals surface area contributed by atoms with Gasteiger partial charge in [-0.25, -0.2) is 0 Å². The second kappa shape index (κ2) is 6.33. The molecule has 2 aliphatic rings. The summed E-state index contributed by atoms with van der Waals surface area (Å²) in [6.45, 7) is 4.72. The lowest BCUT2D eigenvalue weighted by Gasteiger charge is -2.30. The average Bonchev–Trinajstić information content (AvgIpc) is 2.48. The molecule has 1 aromatic carbocycles. The van der Waals surface area contributed by atoms with Crippen LogP contribution in [0.2, 0.25) is 0 Å². The summed E-state index contributed by atoms with van der Waals surface area (Å²) in [7, 11) is 0. The Labute approximate surface area is 125 Å². The van der Waals surface area contributed by atoms with Crippen LogP contribution < -0.4 is 0 Å². The van der Waals surface area contributed by atoms with Gasteiger partial charge in [-0.05, 0) is 79.4 Å². The largest absolute Gasteiger partial charge is 0.0654 e. The fourth-order valence-electron chi connectivity index (χ4n) is 4.40. The first-order chi connectivity index (χ1) is 9.76. The number of hydrogen-bond acceptors (Lipinski definition) is 0. The van der Waals surface area contributed by atoms with Gasteiger partial charge in [0.25, 0.3) is 0 Å². The van der Waals surface area contributed by atoms with Crippen molar-refractivity contribution < 1.29 is 0 Å². The van der Waals surface area contributed by atoms with Crippen LogP contribution in [0.5, 0.6) is 0 Å². The molecule has 0 amide bonds. The van der Waals surface area contributed by atoms with Gasteiger partial charge in [-0.2, -0.15) is 0 Å². The van der Waals surface area contributed by atoms with Crippen LogP contribution in [0.25, 0.3) is 0 Å². The van der Waals surface area contributed by atoms with Crippen molar-refractivity contribution in [3.63, 3.8) is 0 Å². The fraction of sp³-hybridized carbons (Fsp3) is 0.700. The molecule has 0 aromatic heterocycles. The third kappa shape index (κ3) is 3.10. The van der Waals surface area contributed by atoms with Crippen molar-refractivity contribution >= 4 is 0 Å². The molecule has 20 heavy (non-hydrogen) atoms. The minimum atomic E-state index is 0.854. The first kappa shape index (κ1) is 14.2. The third-order valence-corrected chi connectivity index (χ3v) is 5.72. The van der Waals surface area contributed by atoms with E-state index in [0.717, 1.165) is 17.8 Å². The van der Waals surface area contributed by atoms with Gasteiger partial charge in [-0.15, -0.1) is 0 Å². The van der Waals surface area contributed by atoms with E-state index in [-0.39, 0.29) is 0 Å². The summed E-state index contributed by atoms with van der Waals surface area (Å²) in [6.07, 6.45) is 12.6. The van der Waals surface area contributed by atoms with E-state index in [1.54, 1.807) is 16.7 Å². The molecule has 0 bridgehead atoms. The number of aryl methyl sites for hydroxylation is 1. The van der Waals surface area contributed by atoms with Gasteiger partial charge in [0.2, 0.25) is 0 Å². The van der Waals surface area contributed by atoms with Gasteiger partial charge in [-0.3, -0.25) is 0 Å². The molecule has 1 fully saturated rings. The lowest BCUT2D eigenvalue weighted by atomic mass is 9.76. The van der Waals surface area contributed by atoms with Gasteiger partial charge in [-0.1, -0.05) is 44.9 Å². The Balaban J connectivity index is 1.66. The molecule has 0 spiro atoms. The average molecular weight is 270 g/mol. The predicted molar refractivity (Wildman–Crippen MR) is 87.2 cm³/mol. The van der Waals surface area contributed by atoms with Crippen molar-refractivity contribution in [2.24, 2.45) is 11.8 Å². The van der Waals surface area contributed by atoms with Crippen molar-refractivity contribution in [1.29, 1.82) is 0 Å². The summed E-state index contributed by atoms with van der Waals surface area (Å²) in [5, 5.41) is 0. The van der Waals surface area contributed by atoms with Crippen LogP contribution in [-0.4, -0.2) is 0 Å². The SMILES string of the molecule is CCC[C@H]1CC[C@H](c2ccc3c(c2)CCC(C)C3)CC1. The van der Waals surface area contributed by atoms with E-state index in [4.69, 9.17) is 0 Å². The number of hydrogen-bond donors (Lipinski definition) is 0. The van der Waals surface area contributed by atoms with Gasteiger partial charge in [0, 0.05) is 0 Å². The molecule has 0 heteroatoms. The van der Waals surface area contributed by atoms with Gasteiger partial charge < -0.3 is 0 Å². The Bertz CT molecular complexity index is 437. The van der Waals surface area contributed by atoms with Crippen LogP contribution in [0.1, 0.15) is 81.4 Å². The van der Waals surface area contributed by atoms with Crippen LogP contribution >= 0.6 is 0 Å². The van der Waals surface area contributed by atoms with Crippen LogP contribution in [0, 0.1) is 11.8 Å². The lowest BCUT2D eigenvalue weighted by molar-refractivity contribution is 0.308. The van der Waals surface area contributed by atoms with Gasteiger partial charge >= 0.3 is 0 Å². The molecule has 0 saturated heterocycles. The fourth-order valence-corrected chi connectivity index (χ4v) is 4.40. The second-order valence-corrected chi connectivity index (χ2v) is 7.38. The summed E-state index contributed by atoms with van der Waals surface area (Å²) >= 11 is 0. The molecule has 1 atom stereocenters. The maximum Gasteiger partial charge on any atom is -0.0162 e. The zero-order chi connectivity index (χ0) is 13.9. The summed E-state index contributed by atoms with van der Waals surface area (Å²) in [6, 6.07) is 7.45. The van der Waals surface area contributed by atoms with E-state index >= 15 is 0 Å². The molecule has 0 radical (unpaired) electrons. The van der Waals surface area contributed by atoms with E-state index in [1.807, 2.05) is 0 Å². The molecule has 0 heterocycles. The second-order valence-electron chi connectivity index (χ2n) is 7.38. The van der Waals surface area contributed by atoms with Gasteiger partial charge in [0.05, 0.1) is 0 Å². The Morgan fingerprint density at radius 3 is 2.55 bits per heavy atom. The highest BCUT2D eigenvalue weighted by Gasteiger charge is 2.23. The Hall–Kier alpha value is -0.780. The van der Waals surface area contributed by atoms with E-state index in [9.17, 15) is 0 Å². The minimum Gasteiger partial charge on any atom is -0.0654 e. The third-order valence-electron chi connectivity index (χ3n) is 5.72. The molecular formula is C20H30. The number of rotatable bonds is 3. The first-order valence-corrected chi connectivity index (χ1v) is 8.88. The number of fused-ring (bicyclic) bond motifs is 1. The van der Waals surface area contributed by atoms with Crippen LogP contribution in [0.3, 0.4) is 0 Å². The lowest BCUT2D eigenvalue weighted by Crippen LogP contribution is -2.15.